The van der Waals surface area contributed by atoms with Crippen molar-refractivity contribution in [1.29, 1.82) is 0 Å². The van der Waals surface area contributed by atoms with E-state index in [2.05, 4.69) is 0 Å². The Balaban J connectivity index is 1.79. The standard InChI is InChI=1S/C14H20FNO/c15-14-4-2-1-3-13(14)7-12(8-16)10-17-9-11-5-6-11/h1-4,11-12H,5-10,16H2. The third-order valence-corrected chi connectivity index (χ3v) is 3.20. The van der Waals surface area contributed by atoms with Gasteiger partial charge in [0, 0.05) is 6.61 Å². The summed E-state index contributed by atoms with van der Waals surface area (Å²) in [4.78, 5) is 0. The molecule has 0 spiro atoms. The van der Waals surface area contributed by atoms with E-state index in [4.69, 9.17) is 10.5 Å². The molecule has 0 amide bonds. The van der Waals surface area contributed by atoms with Gasteiger partial charge < -0.3 is 10.5 Å². The van der Waals surface area contributed by atoms with Gasteiger partial charge in [-0.2, -0.15) is 0 Å². The summed E-state index contributed by atoms with van der Waals surface area (Å²) in [5.74, 6) is 0.834. The molecule has 1 fully saturated rings. The van der Waals surface area contributed by atoms with Gasteiger partial charge >= 0.3 is 0 Å². The Bertz CT molecular complexity index is 352. The molecule has 0 radical (unpaired) electrons. The Morgan fingerprint density at radius 1 is 1.35 bits per heavy atom. The number of benzene rings is 1. The van der Waals surface area contributed by atoms with Crippen LogP contribution in [0.4, 0.5) is 4.39 Å². The molecule has 0 bridgehead atoms. The highest BCUT2D eigenvalue weighted by Gasteiger charge is 2.21. The van der Waals surface area contributed by atoms with E-state index in [0.29, 0.717) is 19.6 Å². The number of rotatable bonds is 7. The molecule has 1 unspecified atom stereocenters. The van der Waals surface area contributed by atoms with Crippen molar-refractivity contribution in [2.24, 2.45) is 17.6 Å². The second kappa shape index (κ2) is 6.12. The van der Waals surface area contributed by atoms with Gasteiger partial charge in [-0.15, -0.1) is 0 Å². The van der Waals surface area contributed by atoms with Crippen LogP contribution in [-0.4, -0.2) is 19.8 Å². The van der Waals surface area contributed by atoms with Crippen LogP contribution in [-0.2, 0) is 11.2 Å². The van der Waals surface area contributed by atoms with E-state index in [9.17, 15) is 4.39 Å². The number of hydrogen-bond donors (Lipinski definition) is 1. The van der Waals surface area contributed by atoms with Crippen LogP contribution in [0.1, 0.15) is 18.4 Å². The van der Waals surface area contributed by atoms with Gasteiger partial charge in [0.25, 0.3) is 0 Å². The number of ether oxygens (including phenoxy) is 1. The monoisotopic (exact) mass is 237 g/mol. The fourth-order valence-corrected chi connectivity index (χ4v) is 1.87. The Morgan fingerprint density at radius 2 is 2.12 bits per heavy atom. The summed E-state index contributed by atoms with van der Waals surface area (Å²) in [7, 11) is 0. The molecule has 0 aromatic heterocycles. The highest BCUT2D eigenvalue weighted by molar-refractivity contribution is 5.17. The topological polar surface area (TPSA) is 35.2 Å². The second-order valence-corrected chi connectivity index (χ2v) is 4.88. The molecule has 0 heterocycles. The molecular weight excluding hydrogens is 217 g/mol. The number of halogens is 1. The first-order valence-corrected chi connectivity index (χ1v) is 6.30. The summed E-state index contributed by atoms with van der Waals surface area (Å²) in [6, 6.07) is 6.88. The summed E-state index contributed by atoms with van der Waals surface area (Å²) in [5.41, 5.74) is 6.43. The van der Waals surface area contributed by atoms with Crippen LogP contribution in [0.2, 0.25) is 0 Å². The second-order valence-electron chi connectivity index (χ2n) is 4.88. The van der Waals surface area contributed by atoms with Crippen LogP contribution in [0, 0.1) is 17.7 Å². The predicted molar refractivity (Wildman–Crippen MR) is 66.2 cm³/mol. The summed E-state index contributed by atoms with van der Waals surface area (Å²) in [6.45, 7) is 2.02. The number of hydrogen-bond acceptors (Lipinski definition) is 2. The molecule has 94 valence electrons. The fourth-order valence-electron chi connectivity index (χ4n) is 1.87. The minimum atomic E-state index is -0.145. The lowest BCUT2D eigenvalue weighted by Gasteiger charge is -2.15. The van der Waals surface area contributed by atoms with E-state index in [1.165, 1.54) is 18.9 Å². The van der Waals surface area contributed by atoms with E-state index in [1.54, 1.807) is 6.07 Å². The highest BCUT2D eigenvalue weighted by atomic mass is 19.1. The van der Waals surface area contributed by atoms with Crippen LogP contribution >= 0.6 is 0 Å². The van der Waals surface area contributed by atoms with E-state index in [0.717, 1.165) is 18.1 Å². The van der Waals surface area contributed by atoms with Gasteiger partial charge in [0.15, 0.2) is 0 Å². The van der Waals surface area contributed by atoms with Gasteiger partial charge in [-0.3, -0.25) is 0 Å². The first-order chi connectivity index (χ1) is 8.29. The van der Waals surface area contributed by atoms with Gasteiger partial charge in [0.2, 0.25) is 0 Å². The van der Waals surface area contributed by atoms with Crippen molar-refractivity contribution in [3.8, 4) is 0 Å². The summed E-state index contributed by atoms with van der Waals surface area (Å²) in [5, 5.41) is 0. The molecule has 2 nitrogen and oxygen atoms in total. The third-order valence-electron chi connectivity index (χ3n) is 3.20. The van der Waals surface area contributed by atoms with Crippen molar-refractivity contribution < 1.29 is 9.13 Å². The van der Waals surface area contributed by atoms with Crippen molar-refractivity contribution in [1.82, 2.24) is 0 Å². The molecule has 2 N–H and O–H groups in total. The van der Waals surface area contributed by atoms with E-state index >= 15 is 0 Å². The normalized spacial score (nSPS) is 17.1. The van der Waals surface area contributed by atoms with E-state index in [-0.39, 0.29) is 11.7 Å². The van der Waals surface area contributed by atoms with Crippen molar-refractivity contribution in [2.45, 2.75) is 19.3 Å². The predicted octanol–water partition coefficient (Wildman–Crippen LogP) is 2.37. The molecule has 1 aliphatic rings. The average molecular weight is 237 g/mol. The van der Waals surface area contributed by atoms with Crippen LogP contribution in [0.15, 0.2) is 24.3 Å². The molecule has 1 aliphatic carbocycles. The molecule has 2 rings (SSSR count). The molecule has 1 aromatic carbocycles. The smallest absolute Gasteiger partial charge is 0.126 e. The lowest BCUT2D eigenvalue weighted by Crippen LogP contribution is -2.23. The van der Waals surface area contributed by atoms with Crippen LogP contribution in [0.3, 0.4) is 0 Å². The van der Waals surface area contributed by atoms with Crippen LogP contribution in [0.5, 0.6) is 0 Å². The van der Waals surface area contributed by atoms with Gasteiger partial charge in [0.05, 0.1) is 6.61 Å². The maximum absolute atomic E-state index is 13.5. The Morgan fingerprint density at radius 3 is 2.76 bits per heavy atom. The zero-order valence-corrected chi connectivity index (χ0v) is 10.1. The molecular formula is C14H20FNO. The SMILES string of the molecule is NCC(COCC1CC1)Cc1ccccc1F. The molecule has 3 heteroatoms. The summed E-state index contributed by atoms with van der Waals surface area (Å²) < 4.78 is 19.1. The fraction of sp³-hybridized carbons (Fsp3) is 0.571. The Kier molecular flexibility index (Phi) is 4.51. The first-order valence-electron chi connectivity index (χ1n) is 6.30. The quantitative estimate of drug-likeness (QED) is 0.790. The highest BCUT2D eigenvalue weighted by Crippen LogP contribution is 2.29. The van der Waals surface area contributed by atoms with Crippen LogP contribution < -0.4 is 5.73 Å². The molecule has 0 saturated heterocycles. The molecule has 0 aliphatic heterocycles. The third kappa shape index (κ3) is 4.10. The van der Waals surface area contributed by atoms with Crippen LogP contribution in [0.25, 0.3) is 0 Å². The van der Waals surface area contributed by atoms with Gasteiger partial charge in [0.1, 0.15) is 5.82 Å². The van der Waals surface area contributed by atoms with E-state index < -0.39 is 0 Å². The first kappa shape index (κ1) is 12.5. The molecule has 1 atom stereocenters. The zero-order chi connectivity index (χ0) is 12.1. The molecule has 1 aromatic rings. The Labute approximate surface area is 102 Å². The maximum Gasteiger partial charge on any atom is 0.126 e. The van der Waals surface area contributed by atoms with Gasteiger partial charge in [-0.25, -0.2) is 4.39 Å². The van der Waals surface area contributed by atoms with Crippen molar-refractivity contribution in [3.63, 3.8) is 0 Å². The Hall–Kier alpha value is -0.930. The van der Waals surface area contributed by atoms with Gasteiger partial charge in [-0.05, 0) is 49.3 Å². The maximum atomic E-state index is 13.5. The lowest BCUT2D eigenvalue weighted by molar-refractivity contribution is 0.0932. The van der Waals surface area contributed by atoms with E-state index in [1.807, 2.05) is 12.1 Å². The minimum Gasteiger partial charge on any atom is -0.381 e. The zero-order valence-electron chi connectivity index (χ0n) is 10.1. The number of nitrogens with two attached hydrogens (primary N) is 1. The summed E-state index contributed by atoms with van der Waals surface area (Å²) in [6.07, 6.45) is 3.25. The lowest BCUT2D eigenvalue weighted by atomic mass is 10.00. The molecule has 1 saturated carbocycles. The summed E-state index contributed by atoms with van der Waals surface area (Å²) >= 11 is 0. The van der Waals surface area contributed by atoms with Crippen molar-refractivity contribution in [3.05, 3.63) is 35.6 Å². The van der Waals surface area contributed by atoms with Gasteiger partial charge in [-0.1, -0.05) is 18.2 Å². The van der Waals surface area contributed by atoms with Crippen molar-refractivity contribution >= 4 is 0 Å². The molecule has 17 heavy (non-hydrogen) atoms. The minimum absolute atomic E-state index is 0.145. The average Bonchev–Trinajstić information content (AvgIpc) is 3.14. The van der Waals surface area contributed by atoms with Crippen molar-refractivity contribution in [2.75, 3.05) is 19.8 Å². The largest absolute Gasteiger partial charge is 0.381 e.